The van der Waals surface area contributed by atoms with E-state index in [2.05, 4.69) is 4.98 Å². The molecule has 1 amide bonds. The molecule has 0 spiro atoms. The van der Waals surface area contributed by atoms with Crippen molar-refractivity contribution in [1.29, 1.82) is 0 Å². The smallest absolute Gasteiger partial charge is 0.416 e. The van der Waals surface area contributed by atoms with Crippen molar-refractivity contribution < 1.29 is 14.3 Å². The molecular formula is C17H22N2O3S. The highest BCUT2D eigenvalue weighted by atomic mass is 32.1. The molecule has 1 heterocycles. The van der Waals surface area contributed by atoms with Crippen molar-refractivity contribution in [2.24, 2.45) is 0 Å². The number of aromatic nitrogens is 1. The monoisotopic (exact) mass is 334 g/mol. The molecule has 5 nitrogen and oxygen atoms in total. The molecule has 1 aromatic heterocycles. The Balaban J connectivity index is 2.23. The van der Waals surface area contributed by atoms with Gasteiger partial charge in [-0.15, -0.1) is 11.3 Å². The summed E-state index contributed by atoms with van der Waals surface area (Å²) in [5, 5.41) is 0.632. The van der Waals surface area contributed by atoms with Gasteiger partial charge in [0.05, 0.1) is 13.7 Å². The molecule has 1 aromatic carbocycles. The minimum Gasteiger partial charge on any atom is -0.497 e. The summed E-state index contributed by atoms with van der Waals surface area (Å²) in [5.74, 6) is 0.780. The number of rotatable bonds is 4. The van der Waals surface area contributed by atoms with Gasteiger partial charge in [-0.05, 0) is 45.4 Å². The van der Waals surface area contributed by atoms with Gasteiger partial charge in [0.2, 0.25) is 0 Å². The van der Waals surface area contributed by atoms with Crippen molar-refractivity contribution in [3.63, 3.8) is 0 Å². The summed E-state index contributed by atoms with van der Waals surface area (Å²) < 4.78 is 10.7. The number of carbonyl (C=O) groups excluding carboxylic acids is 1. The summed E-state index contributed by atoms with van der Waals surface area (Å²) >= 11 is 1.47. The lowest BCUT2D eigenvalue weighted by molar-refractivity contribution is 0.0577. The van der Waals surface area contributed by atoms with E-state index in [1.54, 1.807) is 18.2 Å². The summed E-state index contributed by atoms with van der Waals surface area (Å²) in [6.45, 7) is 7.91. The molecule has 23 heavy (non-hydrogen) atoms. The third-order valence-electron chi connectivity index (χ3n) is 2.95. The molecule has 0 aliphatic heterocycles. The number of amides is 1. The third-order valence-corrected chi connectivity index (χ3v) is 3.89. The maximum absolute atomic E-state index is 12.5. The van der Waals surface area contributed by atoms with Crippen LogP contribution in [0.2, 0.25) is 0 Å². The van der Waals surface area contributed by atoms with E-state index >= 15 is 0 Å². The first-order chi connectivity index (χ1) is 10.8. The van der Waals surface area contributed by atoms with Gasteiger partial charge in [0, 0.05) is 11.1 Å². The molecule has 6 heteroatoms. The number of hydrogen-bond acceptors (Lipinski definition) is 5. The molecule has 0 fully saturated rings. The first-order valence-corrected chi connectivity index (χ1v) is 8.16. The van der Waals surface area contributed by atoms with E-state index in [9.17, 15) is 4.79 Å². The molecule has 2 aromatic rings. The molecule has 0 saturated carbocycles. The Labute approximate surface area is 140 Å². The van der Waals surface area contributed by atoms with Gasteiger partial charge in [0.25, 0.3) is 0 Å². The predicted octanol–water partition coefficient (Wildman–Crippen LogP) is 4.40. The van der Waals surface area contributed by atoms with Crippen LogP contribution in [-0.4, -0.2) is 23.8 Å². The second-order valence-electron chi connectivity index (χ2n) is 6.17. The van der Waals surface area contributed by atoms with Gasteiger partial charge in [-0.25, -0.2) is 14.7 Å². The van der Waals surface area contributed by atoms with Gasteiger partial charge < -0.3 is 9.47 Å². The van der Waals surface area contributed by atoms with E-state index in [1.807, 2.05) is 52.0 Å². The number of nitrogens with zero attached hydrogens (tertiary/aromatic N) is 2. The molecule has 0 aliphatic rings. The van der Waals surface area contributed by atoms with Crippen molar-refractivity contribution in [3.8, 4) is 5.75 Å². The molecule has 0 saturated heterocycles. The normalized spacial score (nSPS) is 11.2. The molecule has 0 radical (unpaired) electrons. The molecule has 0 unspecified atom stereocenters. The van der Waals surface area contributed by atoms with Crippen LogP contribution in [0.25, 0.3) is 0 Å². The first kappa shape index (κ1) is 17.3. The average molecular weight is 334 g/mol. The van der Waals surface area contributed by atoms with Crippen molar-refractivity contribution in [3.05, 3.63) is 40.9 Å². The minimum atomic E-state index is -0.554. The summed E-state index contributed by atoms with van der Waals surface area (Å²) in [6, 6.07) is 7.60. The Bertz CT molecular complexity index is 659. The Morgan fingerprint density at radius 2 is 1.91 bits per heavy atom. The zero-order valence-corrected chi connectivity index (χ0v) is 14.9. The van der Waals surface area contributed by atoms with E-state index in [-0.39, 0.29) is 0 Å². The van der Waals surface area contributed by atoms with E-state index in [1.165, 1.54) is 11.3 Å². The molecule has 0 aliphatic carbocycles. The lowest BCUT2D eigenvalue weighted by atomic mass is 10.2. The average Bonchev–Trinajstić information content (AvgIpc) is 2.89. The van der Waals surface area contributed by atoms with Crippen molar-refractivity contribution >= 4 is 22.6 Å². The topological polar surface area (TPSA) is 51.7 Å². The zero-order chi connectivity index (χ0) is 17.0. The van der Waals surface area contributed by atoms with Crippen molar-refractivity contribution in [1.82, 2.24) is 4.98 Å². The summed E-state index contributed by atoms with van der Waals surface area (Å²) in [7, 11) is 1.63. The number of anilines is 1. The number of ether oxygens (including phenoxy) is 2. The highest BCUT2D eigenvalue weighted by molar-refractivity contribution is 7.15. The Morgan fingerprint density at radius 1 is 1.26 bits per heavy atom. The Morgan fingerprint density at radius 3 is 2.39 bits per heavy atom. The maximum atomic E-state index is 12.5. The van der Waals surface area contributed by atoms with Crippen LogP contribution in [0, 0.1) is 6.92 Å². The van der Waals surface area contributed by atoms with Gasteiger partial charge in [-0.3, -0.25) is 0 Å². The van der Waals surface area contributed by atoms with Crippen LogP contribution in [0.15, 0.2) is 30.5 Å². The number of methoxy groups -OCH3 is 1. The van der Waals surface area contributed by atoms with Crippen molar-refractivity contribution in [2.75, 3.05) is 12.0 Å². The fraction of sp³-hybridized carbons (Fsp3) is 0.412. The number of benzene rings is 1. The zero-order valence-electron chi connectivity index (χ0n) is 14.1. The molecular weight excluding hydrogens is 312 g/mol. The molecule has 0 N–H and O–H groups in total. The van der Waals surface area contributed by atoms with Crippen LogP contribution in [0.4, 0.5) is 9.93 Å². The number of aryl methyl sites for hydroxylation is 1. The van der Waals surface area contributed by atoms with Crippen molar-refractivity contribution in [2.45, 2.75) is 39.8 Å². The highest BCUT2D eigenvalue weighted by Crippen LogP contribution is 2.26. The van der Waals surface area contributed by atoms with Crippen LogP contribution >= 0.6 is 11.3 Å². The van der Waals surface area contributed by atoms with Gasteiger partial charge >= 0.3 is 6.09 Å². The Kier molecular flexibility index (Phi) is 5.26. The highest BCUT2D eigenvalue weighted by Gasteiger charge is 2.25. The summed E-state index contributed by atoms with van der Waals surface area (Å²) in [6.07, 6.45) is 1.36. The van der Waals surface area contributed by atoms with E-state index in [4.69, 9.17) is 9.47 Å². The fourth-order valence-electron chi connectivity index (χ4n) is 1.91. The van der Waals surface area contributed by atoms with E-state index in [0.29, 0.717) is 11.7 Å². The summed E-state index contributed by atoms with van der Waals surface area (Å²) in [4.78, 5) is 19.5. The molecule has 0 atom stereocenters. The fourth-order valence-corrected chi connectivity index (χ4v) is 2.66. The third kappa shape index (κ3) is 4.96. The summed E-state index contributed by atoms with van der Waals surface area (Å²) in [5.41, 5.74) is 0.422. The standard InChI is InChI=1S/C17H22N2O3S/c1-12-10-18-15(23-12)19(16(20)22-17(2,3)4)11-13-6-8-14(21-5)9-7-13/h6-10H,11H2,1-5H3. The number of hydrogen-bond donors (Lipinski definition) is 0. The molecule has 124 valence electrons. The molecule has 2 rings (SSSR count). The van der Waals surface area contributed by atoms with Crippen LogP contribution in [0.3, 0.4) is 0 Å². The second-order valence-corrected chi connectivity index (χ2v) is 7.38. The van der Waals surface area contributed by atoms with Crippen LogP contribution in [-0.2, 0) is 11.3 Å². The van der Waals surface area contributed by atoms with Crippen LogP contribution in [0.5, 0.6) is 5.75 Å². The largest absolute Gasteiger partial charge is 0.497 e. The second kappa shape index (κ2) is 7.00. The lowest BCUT2D eigenvalue weighted by Gasteiger charge is -2.26. The number of thiazole rings is 1. The first-order valence-electron chi connectivity index (χ1n) is 7.34. The van der Waals surface area contributed by atoms with Gasteiger partial charge in [-0.1, -0.05) is 12.1 Å². The quantitative estimate of drug-likeness (QED) is 0.831. The lowest BCUT2D eigenvalue weighted by Crippen LogP contribution is -2.36. The van der Waals surface area contributed by atoms with Gasteiger partial charge in [0.15, 0.2) is 5.13 Å². The number of carbonyl (C=O) groups is 1. The van der Waals surface area contributed by atoms with Crippen LogP contribution < -0.4 is 9.64 Å². The molecule has 0 bridgehead atoms. The SMILES string of the molecule is COc1ccc(CN(C(=O)OC(C)(C)C)c2ncc(C)s2)cc1. The minimum absolute atomic E-state index is 0.395. The predicted molar refractivity (Wildman–Crippen MR) is 92.3 cm³/mol. The van der Waals surface area contributed by atoms with Gasteiger partial charge in [-0.2, -0.15) is 0 Å². The van der Waals surface area contributed by atoms with Gasteiger partial charge in [0.1, 0.15) is 11.4 Å². The van der Waals surface area contributed by atoms with E-state index < -0.39 is 11.7 Å². The maximum Gasteiger partial charge on any atom is 0.416 e. The van der Waals surface area contributed by atoms with Crippen LogP contribution in [0.1, 0.15) is 31.2 Å². The Hall–Kier alpha value is -2.08. The van der Waals surface area contributed by atoms with E-state index in [0.717, 1.165) is 16.2 Å².